The fourth-order valence-electron chi connectivity index (χ4n) is 2.20. The molecule has 1 aromatic carbocycles. The SMILES string of the molecule is NC(CSCC(=O)Nc1ccc2c(c1)CCC2)C(=O)O. The van der Waals surface area contributed by atoms with Gasteiger partial charge >= 0.3 is 5.97 Å². The van der Waals surface area contributed by atoms with E-state index in [1.165, 1.54) is 29.3 Å². The summed E-state index contributed by atoms with van der Waals surface area (Å²) >= 11 is 1.22. The minimum atomic E-state index is -1.04. The van der Waals surface area contributed by atoms with Crippen LogP contribution in [0.3, 0.4) is 0 Å². The van der Waals surface area contributed by atoms with E-state index in [4.69, 9.17) is 10.8 Å². The number of anilines is 1. The summed E-state index contributed by atoms with van der Waals surface area (Å²) in [5.74, 6) is -0.743. The highest BCUT2D eigenvalue weighted by molar-refractivity contribution is 8.00. The highest BCUT2D eigenvalue weighted by Gasteiger charge is 2.14. The number of hydrogen-bond donors (Lipinski definition) is 3. The summed E-state index contributed by atoms with van der Waals surface area (Å²) in [7, 11) is 0. The normalized spacial score (nSPS) is 14.7. The number of carbonyl (C=O) groups is 2. The molecule has 0 spiro atoms. The molecule has 1 atom stereocenters. The largest absolute Gasteiger partial charge is 0.480 e. The van der Waals surface area contributed by atoms with Crippen LogP contribution in [0.5, 0.6) is 0 Å². The van der Waals surface area contributed by atoms with Gasteiger partial charge in [0.25, 0.3) is 0 Å². The third kappa shape index (κ3) is 3.98. The van der Waals surface area contributed by atoms with Crippen LogP contribution in [0, 0.1) is 0 Å². The van der Waals surface area contributed by atoms with Gasteiger partial charge in [0.2, 0.25) is 5.91 Å². The Bertz CT molecular complexity index is 519. The standard InChI is InChI=1S/C14H18N2O3S/c15-12(14(18)19)7-20-8-13(17)16-11-5-4-9-2-1-3-10(9)6-11/h4-6,12H,1-3,7-8,15H2,(H,16,17)(H,18,19). The van der Waals surface area contributed by atoms with Gasteiger partial charge in [-0.2, -0.15) is 0 Å². The van der Waals surface area contributed by atoms with Gasteiger partial charge in [-0.05, 0) is 42.5 Å². The number of benzene rings is 1. The minimum Gasteiger partial charge on any atom is -0.480 e. The van der Waals surface area contributed by atoms with E-state index in [-0.39, 0.29) is 17.4 Å². The summed E-state index contributed by atoms with van der Waals surface area (Å²) in [6.07, 6.45) is 3.36. The van der Waals surface area contributed by atoms with Gasteiger partial charge in [0, 0.05) is 11.4 Å². The quantitative estimate of drug-likeness (QED) is 0.734. The predicted molar refractivity (Wildman–Crippen MR) is 80.0 cm³/mol. The zero-order chi connectivity index (χ0) is 14.5. The summed E-state index contributed by atoms with van der Waals surface area (Å²) in [4.78, 5) is 22.3. The number of rotatable bonds is 6. The minimum absolute atomic E-state index is 0.134. The van der Waals surface area contributed by atoms with Crippen LogP contribution in [-0.2, 0) is 22.4 Å². The second kappa shape index (κ2) is 6.76. The van der Waals surface area contributed by atoms with E-state index in [9.17, 15) is 9.59 Å². The first-order valence-corrected chi connectivity index (χ1v) is 7.69. The molecule has 1 aliphatic carbocycles. The maximum Gasteiger partial charge on any atom is 0.321 e. The molecule has 1 aliphatic rings. The average molecular weight is 294 g/mol. The van der Waals surface area contributed by atoms with Crippen molar-refractivity contribution in [2.75, 3.05) is 16.8 Å². The Hall–Kier alpha value is -1.53. The number of aryl methyl sites for hydroxylation is 2. The van der Waals surface area contributed by atoms with Crippen LogP contribution in [0.2, 0.25) is 0 Å². The van der Waals surface area contributed by atoms with E-state index >= 15 is 0 Å². The maximum atomic E-state index is 11.7. The topological polar surface area (TPSA) is 92.4 Å². The van der Waals surface area contributed by atoms with Crippen molar-refractivity contribution in [2.24, 2.45) is 5.73 Å². The van der Waals surface area contributed by atoms with Crippen LogP contribution in [-0.4, -0.2) is 34.5 Å². The number of carbonyl (C=O) groups excluding carboxylic acids is 1. The first kappa shape index (κ1) is 14.9. The number of carboxylic acids is 1. The van der Waals surface area contributed by atoms with E-state index in [0.29, 0.717) is 0 Å². The molecule has 0 radical (unpaired) electrons. The van der Waals surface area contributed by atoms with Crippen LogP contribution in [0.1, 0.15) is 17.5 Å². The second-order valence-corrected chi connectivity index (χ2v) is 5.88. The van der Waals surface area contributed by atoms with E-state index in [0.717, 1.165) is 18.5 Å². The average Bonchev–Trinajstić information content (AvgIpc) is 2.85. The molecule has 5 nitrogen and oxygen atoms in total. The zero-order valence-corrected chi connectivity index (χ0v) is 11.9. The first-order chi connectivity index (χ1) is 9.56. The predicted octanol–water partition coefficient (Wildman–Crippen LogP) is 1.26. The molecule has 0 saturated heterocycles. The molecule has 4 N–H and O–H groups in total. The molecular formula is C14H18N2O3S. The van der Waals surface area contributed by atoms with Crippen molar-refractivity contribution in [3.8, 4) is 0 Å². The third-order valence-electron chi connectivity index (χ3n) is 3.23. The van der Waals surface area contributed by atoms with Crippen molar-refractivity contribution < 1.29 is 14.7 Å². The van der Waals surface area contributed by atoms with Gasteiger partial charge in [-0.3, -0.25) is 9.59 Å². The van der Waals surface area contributed by atoms with E-state index in [1.54, 1.807) is 0 Å². The van der Waals surface area contributed by atoms with E-state index < -0.39 is 12.0 Å². The molecular weight excluding hydrogens is 276 g/mol. The van der Waals surface area contributed by atoms with Gasteiger partial charge in [-0.1, -0.05) is 6.07 Å². The van der Waals surface area contributed by atoms with Gasteiger partial charge in [0.1, 0.15) is 6.04 Å². The summed E-state index contributed by atoms with van der Waals surface area (Å²) in [6, 6.07) is 5.07. The molecule has 108 valence electrons. The Balaban J connectivity index is 1.78. The Morgan fingerprint density at radius 2 is 2.10 bits per heavy atom. The number of carboxylic acid groups (broad SMARTS) is 1. The summed E-state index contributed by atoms with van der Waals surface area (Å²) in [6.45, 7) is 0. The van der Waals surface area contributed by atoms with Crippen LogP contribution < -0.4 is 11.1 Å². The number of amides is 1. The van der Waals surface area contributed by atoms with Crippen LogP contribution in [0.25, 0.3) is 0 Å². The van der Waals surface area contributed by atoms with Crippen LogP contribution in [0.15, 0.2) is 18.2 Å². The fraction of sp³-hybridized carbons (Fsp3) is 0.429. The molecule has 0 bridgehead atoms. The highest BCUT2D eigenvalue weighted by Crippen LogP contribution is 2.24. The Kier molecular flexibility index (Phi) is 5.03. The van der Waals surface area contributed by atoms with Crippen molar-refractivity contribution in [3.63, 3.8) is 0 Å². The van der Waals surface area contributed by atoms with Crippen molar-refractivity contribution in [1.82, 2.24) is 0 Å². The molecule has 1 amide bonds. The van der Waals surface area contributed by atoms with Crippen molar-refractivity contribution in [1.29, 1.82) is 0 Å². The second-order valence-electron chi connectivity index (χ2n) is 4.85. The summed E-state index contributed by atoms with van der Waals surface area (Å²) in [5.41, 5.74) is 8.84. The molecule has 20 heavy (non-hydrogen) atoms. The molecule has 0 saturated carbocycles. The number of hydrogen-bond acceptors (Lipinski definition) is 4. The molecule has 1 unspecified atom stereocenters. The first-order valence-electron chi connectivity index (χ1n) is 6.54. The van der Waals surface area contributed by atoms with Gasteiger partial charge in [-0.15, -0.1) is 11.8 Å². The molecule has 0 fully saturated rings. The smallest absolute Gasteiger partial charge is 0.321 e. The van der Waals surface area contributed by atoms with Gasteiger partial charge in [-0.25, -0.2) is 0 Å². The molecule has 6 heteroatoms. The number of nitrogens with one attached hydrogen (secondary N) is 1. The van der Waals surface area contributed by atoms with Crippen molar-refractivity contribution in [3.05, 3.63) is 29.3 Å². The molecule has 1 aromatic rings. The Labute approximate surface area is 121 Å². The third-order valence-corrected chi connectivity index (χ3v) is 4.29. The summed E-state index contributed by atoms with van der Waals surface area (Å²) in [5, 5.41) is 11.5. The lowest BCUT2D eigenvalue weighted by Gasteiger charge is -2.08. The fourth-order valence-corrected chi connectivity index (χ4v) is 2.97. The van der Waals surface area contributed by atoms with Gasteiger partial charge < -0.3 is 16.2 Å². The number of aliphatic carboxylic acids is 1. The van der Waals surface area contributed by atoms with Crippen molar-refractivity contribution >= 4 is 29.3 Å². The monoisotopic (exact) mass is 294 g/mol. The Morgan fingerprint density at radius 3 is 2.85 bits per heavy atom. The lowest BCUT2D eigenvalue weighted by Crippen LogP contribution is -2.33. The van der Waals surface area contributed by atoms with E-state index in [2.05, 4.69) is 11.4 Å². The molecule has 2 rings (SSSR count). The van der Waals surface area contributed by atoms with Gasteiger partial charge in [0.15, 0.2) is 0 Å². The zero-order valence-electron chi connectivity index (χ0n) is 11.1. The molecule has 0 aromatic heterocycles. The number of nitrogens with two attached hydrogens (primary N) is 1. The highest BCUT2D eigenvalue weighted by atomic mass is 32.2. The van der Waals surface area contributed by atoms with Gasteiger partial charge in [0.05, 0.1) is 5.75 Å². The lowest BCUT2D eigenvalue weighted by atomic mass is 10.1. The lowest BCUT2D eigenvalue weighted by molar-refractivity contribution is -0.137. The molecule has 0 aliphatic heterocycles. The number of fused-ring (bicyclic) bond motifs is 1. The number of thioether (sulfide) groups is 1. The van der Waals surface area contributed by atoms with Crippen molar-refractivity contribution in [2.45, 2.75) is 25.3 Å². The summed E-state index contributed by atoms with van der Waals surface area (Å²) < 4.78 is 0. The maximum absolute atomic E-state index is 11.7. The van der Waals surface area contributed by atoms with Crippen LogP contribution in [0.4, 0.5) is 5.69 Å². The van der Waals surface area contributed by atoms with Crippen LogP contribution >= 0.6 is 11.8 Å². The van der Waals surface area contributed by atoms with E-state index in [1.807, 2.05) is 12.1 Å². The molecule has 0 heterocycles. The Morgan fingerprint density at radius 1 is 1.35 bits per heavy atom.